The minimum absolute atomic E-state index is 0.139. The number of nitrogens with one attached hydrogen (secondary N) is 2. The SMILES string of the molecule is CC(NC(=O)C1CCC(NC(=O)CC2CCCC2)CC1)C(=O)O. The van der Waals surface area contributed by atoms with Gasteiger partial charge in [0.2, 0.25) is 11.8 Å². The molecule has 1 atom stereocenters. The zero-order valence-electron chi connectivity index (χ0n) is 13.8. The smallest absolute Gasteiger partial charge is 0.325 e. The minimum atomic E-state index is -1.02. The van der Waals surface area contributed by atoms with Crippen LogP contribution in [-0.2, 0) is 14.4 Å². The Labute approximate surface area is 137 Å². The first-order valence-corrected chi connectivity index (χ1v) is 8.78. The van der Waals surface area contributed by atoms with Gasteiger partial charge in [-0.15, -0.1) is 0 Å². The van der Waals surface area contributed by atoms with Crippen LogP contribution in [0.15, 0.2) is 0 Å². The van der Waals surface area contributed by atoms with E-state index in [0.29, 0.717) is 25.2 Å². The lowest BCUT2D eigenvalue weighted by Crippen LogP contribution is -2.44. The third-order valence-electron chi connectivity index (χ3n) is 5.14. The number of carbonyl (C=O) groups is 3. The molecule has 2 aliphatic carbocycles. The molecule has 3 N–H and O–H groups in total. The number of amides is 2. The highest BCUT2D eigenvalue weighted by Crippen LogP contribution is 2.28. The molecular weight excluding hydrogens is 296 g/mol. The van der Waals surface area contributed by atoms with Crippen LogP contribution < -0.4 is 10.6 Å². The molecule has 0 aromatic heterocycles. The van der Waals surface area contributed by atoms with E-state index in [4.69, 9.17) is 5.11 Å². The van der Waals surface area contributed by atoms with Gasteiger partial charge in [0.1, 0.15) is 6.04 Å². The maximum absolute atomic E-state index is 12.0. The summed E-state index contributed by atoms with van der Waals surface area (Å²) in [7, 11) is 0. The van der Waals surface area contributed by atoms with E-state index in [9.17, 15) is 14.4 Å². The summed E-state index contributed by atoms with van der Waals surface area (Å²) in [5.41, 5.74) is 0. The lowest BCUT2D eigenvalue weighted by Gasteiger charge is -2.29. The second-order valence-electron chi connectivity index (χ2n) is 7.04. The number of hydrogen-bond acceptors (Lipinski definition) is 3. The van der Waals surface area contributed by atoms with E-state index in [1.54, 1.807) is 0 Å². The zero-order valence-corrected chi connectivity index (χ0v) is 13.8. The first-order chi connectivity index (χ1) is 11.0. The molecule has 2 saturated carbocycles. The minimum Gasteiger partial charge on any atom is -0.480 e. The Morgan fingerprint density at radius 2 is 1.65 bits per heavy atom. The van der Waals surface area contributed by atoms with Crippen molar-refractivity contribution in [2.75, 3.05) is 0 Å². The average molecular weight is 324 g/mol. The largest absolute Gasteiger partial charge is 0.480 e. The first kappa shape index (κ1) is 17.8. The highest BCUT2D eigenvalue weighted by atomic mass is 16.4. The van der Waals surface area contributed by atoms with E-state index in [2.05, 4.69) is 10.6 Å². The molecule has 0 radical (unpaired) electrons. The Morgan fingerprint density at radius 1 is 1.04 bits per heavy atom. The van der Waals surface area contributed by atoms with Crippen molar-refractivity contribution in [3.05, 3.63) is 0 Å². The lowest BCUT2D eigenvalue weighted by atomic mass is 9.85. The maximum atomic E-state index is 12.0. The van der Waals surface area contributed by atoms with Gasteiger partial charge in [-0.1, -0.05) is 12.8 Å². The molecule has 1 unspecified atom stereocenters. The highest BCUT2D eigenvalue weighted by molar-refractivity contribution is 5.84. The fraction of sp³-hybridized carbons (Fsp3) is 0.824. The topological polar surface area (TPSA) is 95.5 Å². The van der Waals surface area contributed by atoms with Crippen LogP contribution in [0.3, 0.4) is 0 Å². The van der Waals surface area contributed by atoms with E-state index < -0.39 is 12.0 Å². The normalized spacial score (nSPS) is 26.5. The number of aliphatic carboxylic acids is 1. The summed E-state index contributed by atoms with van der Waals surface area (Å²) in [6, 6.07) is -0.698. The summed E-state index contributed by atoms with van der Waals surface area (Å²) in [5.74, 6) is -0.652. The van der Waals surface area contributed by atoms with Gasteiger partial charge in [-0.05, 0) is 51.4 Å². The van der Waals surface area contributed by atoms with Crippen molar-refractivity contribution >= 4 is 17.8 Å². The number of carboxylic acids is 1. The summed E-state index contributed by atoms with van der Waals surface area (Å²) >= 11 is 0. The Bertz CT molecular complexity index is 438. The number of carboxylic acid groups (broad SMARTS) is 1. The van der Waals surface area contributed by atoms with Gasteiger partial charge in [-0.2, -0.15) is 0 Å². The van der Waals surface area contributed by atoms with Crippen molar-refractivity contribution in [1.82, 2.24) is 10.6 Å². The summed E-state index contributed by atoms with van der Waals surface area (Å²) in [6.07, 6.45) is 8.44. The van der Waals surface area contributed by atoms with Gasteiger partial charge < -0.3 is 15.7 Å². The van der Waals surface area contributed by atoms with E-state index >= 15 is 0 Å². The Hall–Kier alpha value is -1.59. The van der Waals surface area contributed by atoms with Crippen molar-refractivity contribution in [2.24, 2.45) is 11.8 Å². The second kappa shape index (κ2) is 8.31. The maximum Gasteiger partial charge on any atom is 0.325 e. The monoisotopic (exact) mass is 324 g/mol. The van der Waals surface area contributed by atoms with Gasteiger partial charge >= 0.3 is 5.97 Å². The highest BCUT2D eigenvalue weighted by Gasteiger charge is 2.29. The molecule has 6 nitrogen and oxygen atoms in total. The van der Waals surface area contributed by atoms with Crippen LogP contribution in [0, 0.1) is 11.8 Å². The Morgan fingerprint density at radius 3 is 2.22 bits per heavy atom. The zero-order chi connectivity index (χ0) is 16.8. The molecular formula is C17H28N2O4. The third kappa shape index (κ3) is 5.52. The molecule has 0 heterocycles. The Kier molecular flexibility index (Phi) is 6.42. The molecule has 130 valence electrons. The first-order valence-electron chi connectivity index (χ1n) is 8.78. The third-order valence-corrected chi connectivity index (χ3v) is 5.14. The molecule has 0 bridgehead atoms. The predicted octanol–water partition coefficient (Wildman–Crippen LogP) is 1.83. The summed E-state index contributed by atoms with van der Waals surface area (Å²) in [5, 5.41) is 14.5. The Balaban J connectivity index is 1.67. The summed E-state index contributed by atoms with van der Waals surface area (Å²) in [4.78, 5) is 34.8. The van der Waals surface area contributed by atoms with Crippen LogP contribution >= 0.6 is 0 Å². The molecule has 2 fully saturated rings. The molecule has 0 spiro atoms. The van der Waals surface area contributed by atoms with Crippen molar-refractivity contribution in [3.63, 3.8) is 0 Å². The van der Waals surface area contributed by atoms with Crippen molar-refractivity contribution < 1.29 is 19.5 Å². The van der Waals surface area contributed by atoms with Gasteiger partial charge in [0.15, 0.2) is 0 Å². The van der Waals surface area contributed by atoms with Crippen LogP contribution in [-0.4, -0.2) is 35.0 Å². The number of carbonyl (C=O) groups excluding carboxylic acids is 2. The number of hydrogen-bond donors (Lipinski definition) is 3. The number of rotatable bonds is 6. The standard InChI is InChI=1S/C17H28N2O4/c1-11(17(22)23)18-16(21)13-6-8-14(9-7-13)19-15(20)10-12-4-2-3-5-12/h11-14H,2-10H2,1H3,(H,18,21)(H,19,20)(H,22,23). The van der Waals surface area contributed by atoms with Gasteiger partial charge in [0.05, 0.1) is 0 Å². The molecule has 2 aliphatic rings. The average Bonchev–Trinajstić information content (AvgIpc) is 3.00. The fourth-order valence-corrected chi connectivity index (χ4v) is 3.66. The summed E-state index contributed by atoms with van der Waals surface area (Å²) < 4.78 is 0. The summed E-state index contributed by atoms with van der Waals surface area (Å²) in [6.45, 7) is 1.47. The van der Waals surface area contributed by atoms with E-state index in [1.807, 2.05) is 0 Å². The van der Waals surface area contributed by atoms with Crippen LogP contribution in [0.4, 0.5) is 0 Å². The molecule has 2 rings (SSSR count). The van der Waals surface area contributed by atoms with E-state index in [-0.39, 0.29) is 23.8 Å². The van der Waals surface area contributed by atoms with E-state index in [1.165, 1.54) is 32.6 Å². The van der Waals surface area contributed by atoms with Crippen LogP contribution in [0.5, 0.6) is 0 Å². The van der Waals surface area contributed by atoms with Crippen LogP contribution in [0.2, 0.25) is 0 Å². The molecule has 0 aliphatic heterocycles. The second-order valence-corrected chi connectivity index (χ2v) is 7.04. The van der Waals surface area contributed by atoms with Crippen molar-refractivity contribution in [3.8, 4) is 0 Å². The van der Waals surface area contributed by atoms with E-state index in [0.717, 1.165) is 12.8 Å². The van der Waals surface area contributed by atoms with Gasteiger partial charge in [0.25, 0.3) is 0 Å². The van der Waals surface area contributed by atoms with Crippen LogP contribution in [0.25, 0.3) is 0 Å². The molecule has 0 aromatic carbocycles. The molecule has 6 heteroatoms. The molecule has 0 aromatic rings. The fourth-order valence-electron chi connectivity index (χ4n) is 3.66. The predicted molar refractivity (Wildman–Crippen MR) is 85.7 cm³/mol. The van der Waals surface area contributed by atoms with Gasteiger partial charge in [-0.3, -0.25) is 14.4 Å². The molecule has 2 amide bonds. The van der Waals surface area contributed by atoms with Crippen molar-refractivity contribution in [1.29, 1.82) is 0 Å². The van der Waals surface area contributed by atoms with Crippen molar-refractivity contribution in [2.45, 2.75) is 76.8 Å². The quantitative estimate of drug-likeness (QED) is 0.694. The molecule has 23 heavy (non-hydrogen) atoms. The molecule has 0 saturated heterocycles. The van der Waals surface area contributed by atoms with Crippen LogP contribution in [0.1, 0.15) is 64.7 Å². The lowest BCUT2D eigenvalue weighted by molar-refractivity contribution is -0.142. The van der Waals surface area contributed by atoms with Gasteiger partial charge in [-0.25, -0.2) is 0 Å². The van der Waals surface area contributed by atoms with Gasteiger partial charge in [0, 0.05) is 18.4 Å².